The lowest BCUT2D eigenvalue weighted by Gasteiger charge is -2.25. The first kappa shape index (κ1) is 13.0. The first-order valence-corrected chi connectivity index (χ1v) is 5.52. The number of rotatable bonds is 3. The second-order valence-electron chi connectivity index (χ2n) is 5.07. The summed E-state index contributed by atoms with van der Waals surface area (Å²) in [6, 6.07) is 7.77. The average molecular weight is 223 g/mol. The van der Waals surface area contributed by atoms with Crippen molar-refractivity contribution in [3.8, 4) is 5.75 Å². The molecule has 3 heteroatoms. The van der Waals surface area contributed by atoms with Crippen molar-refractivity contribution in [2.24, 2.45) is 5.73 Å². The van der Waals surface area contributed by atoms with Crippen LogP contribution in [0, 0.1) is 0 Å². The van der Waals surface area contributed by atoms with Crippen LogP contribution in [0.15, 0.2) is 24.3 Å². The van der Waals surface area contributed by atoms with Gasteiger partial charge in [-0.15, -0.1) is 0 Å². The maximum absolute atomic E-state index is 9.33. The van der Waals surface area contributed by atoms with Crippen LogP contribution in [0.5, 0.6) is 5.75 Å². The highest BCUT2D eigenvalue weighted by Gasteiger charge is 2.20. The van der Waals surface area contributed by atoms with Crippen LogP contribution < -0.4 is 10.5 Å². The van der Waals surface area contributed by atoms with E-state index in [4.69, 9.17) is 10.5 Å². The molecule has 90 valence electrons. The first-order chi connectivity index (χ1) is 7.32. The Morgan fingerprint density at radius 2 is 1.81 bits per heavy atom. The SMILES string of the molecule is CC(O)C(N)Oc1ccccc1C(C)(C)C. The van der Waals surface area contributed by atoms with Gasteiger partial charge in [-0.1, -0.05) is 39.0 Å². The minimum absolute atomic E-state index is 0.00495. The van der Waals surface area contributed by atoms with E-state index < -0.39 is 12.3 Å². The van der Waals surface area contributed by atoms with Gasteiger partial charge in [-0.2, -0.15) is 0 Å². The molecule has 0 aliphatic heterocycles. The van der Waals surface area contributed by atoms with Crippen molar-refractivity contribution in [2.75, 3.05) is 0 Å². The molecule has 2 atom stereocenters. The van der Waals surface area contributed by atoms with Crippen LogP contribution in [0.1, 0.15) is 33.3 Å². The van der Waals surface area contributed by atoms with Crippen molar-refractivity contribution >= 4 is 0 Å². The molecule has 0 radical (unpaired) electrons. The van der Waals surface area contributed by atoms with E-state index >= 15 is 0 Å². The topological polar surface area (TPSA) is 55.5 Å². The van der Waals surface area contributed by atoms with Crippen LogP contribution in [-0.2, 0) is 5.41 Å². The summed E-state index contributed by atoms with van der Waals surface area (Å²) in [6.07, 6.45) is -1.38. The van der Waals surface area contributed by atoms with E-state index in [1.54, 1.807) is 6.92 Å². The smallest absolute Gasteiger partial charge is 0.173 e. The molecule has 0 heterocycles. The molecule has 0 aliphatic rings. The Kier molecular flexibility index (Phi) is 3.94. The standard InChI is InChI=1S/C13H21NO2/c1-9(15)12(14)16-11-8-6-5-7-10(11)13(2,3)4/h5-9,12,15H,14H2,1-4H3. The molecule has 1 aromatic rings. The zero-order valence-electron chi connectivity index (χ0n) is 10.4. The van der Waals surface area contributed by atoms with Gasteiger partial charge in [0.1, 0.15) is 11.9 Å². The van der Waals surface area contributed by atoms with Crippen LogP contribution in [0.2, 0.25) is 0 Å². The van der Waals surface area contributed by atoms with E-state index in [9.17, 15) is 5.11 Å². The summed E-state index contributed by atoms with van der Waals surface area (Å²) < 4.78 is 5.56. The first-order valence-electron chi connectivity index (χ1n) is 5.52. The Bertz CT molecular complexity index is 342. The molecule has 0 saturated heterocycles. The summed E-state index contributed by atoms with van der Waals surface area (Å²) >= 11 is 0. The molecule has 0 saturated carbocycles. The third kappa shape index (κ3) is 3.22. The Hall–Kier alpha value is -1.06. The Balaban J connectivity index is 2.96. The number of benzene rings is 1. The van der Waals surface area contributed by atoms with E-state index in [1.807, 2.05) is 24.3 Å². The molecule has 2 unspecified atom stereocenters. The molecular weight excluding hydrogens is 202 g/mol. The van der Waals surface area contributed by atoms with E-state index in [0.29, 0.717) is 0 Å². The molecule has 3 N–H and O–H groups in total. The van der Waals surface area contributed by atoms with Gasteiger partial charge in [-0.3, -0.25) is 5.73 Å². The van der Waals surface area contributed by atoms with Crippen LogP contribution in [0.4, 0.5) is 0 Å². The number of hydrogen-bond donors (Lipinski definition) is 2. The number of nitrogens with two attached hydrogens (primary N) is 1. The maximum Gasteiger partial charge on any atom is 0.173 e. The van der Waals surface area contributed by atoms with Gasteiger partial charge >= 0.3 is 0 Å². The number of hydrogen-bond acceptors (Lipinski definition) is 3. The molecule has 3 nitrogen and oxygen atoms in total. The summed E-state index contributed by atoms with van der Waals surface area (Å²) in [7, 11) is 0. The summed E-state index contributed by atoms with van der Waals surface area (Å²) in [4.78, 5) is 0. The lowest BCUT2D eigenvalue weighted by atomic mass is 9.86. The number of para-hydroxylation sites is 1. The van der Waals surface area contributed by atoms with Gasteiger partial charge < -0.3 is 9.84 Å². The molecule has 0 fully saturated rings. The van der Waals surface area contributed by atoms with Crippen molar-refractivity contribution < 1.29 is 9.84 Å². The van der Waals surface area contributed by atoms with Crippen LogP contribution >= 0.6 is 0 Å². The summed E-state index contributed by atoms with van der Waals surface area (Å²) in [5.41, 5.74) is 6.77. The highest BCUT2D eigenvalue weighted by molar-refractivity contribution is 5.38. The third-order valence-corrected chi connectivity index (χ3v) is 2.43. The highest BCUT2D eigenvalue weighted by Crippen LogP contribution is 2.31. The van der Waals surface area contributed by atoms with E-state index in [-0.39, 0.29) is 5.41 Å². The van der Waals surface area contributed by atoms with Crippen molar-refractivity contribution in [3.05, 3.63) is 29.8 Å². The minimum Gasteiger partial charge on any atom is -0.473 e. The quantitative estimate of drug-likeness (QED) is 0.771. The van der Waals surface area contributed by atoms with Crippen molar-refractivity contribution in [1.29, 1.82) is 0 Å². The molecule has 0 bridgehead atoms. The van der Waals surface area contributed by atoms with Crippen molar-refractivity contribution in [2.45, 2.75) is 45.4 Å². The van der Waals surface area contributed by atoms with Crippen LogP contribution in [0.25, 0.3) is 0 Å². The van der Waals surface area contributed by atoms with Gasteiger partial charge in [0.25, 0.3) is 0 Å². The Morgan fingerprint density at radius 1 is 1.25 bits per heavy atom. The molecular formula is C13H21NO2. The molecule has 1 aromatic carbocycles. The molecule has 0 amide bonds. The maximum atomic E-state index is 9.33. The van der Waals surface area contributed by atoms with Crippen LogP contribution in [-0.4, -0.2) is 17.4 Å². The predicted molar refractivity (Wildman–Crippen MR) is 65.4 cm³/mol. The number of aliphatic hydroxyl groups is 1. The van der Waals surface area contributed by atoms with Crippen molar-refractivity contribution in [1.82, 2.24) is 0 Å². The average Bonchev–Trinajstić information content (AvgIpc) is 2.16. The second-order valence-corrected chi connectivity index (χ2v) is 5.07. The Labute approximate surface area is 97.2 Å². The normalized spacial score (nSPS) is 15.6. The van der Waals surface area contributed by atoms with Gasteiger partial charge in [0.2, 0.25) is 0 Å². The monoisotopic (exact) mass is 223 g/mol. The fraction of sp³-hybridized carbons (Fsp3) is 0.538. The summed E-state index contributed by atoms with van der Waals surface area (Å²) in [5.74, 6) is 0.739. The number of aliphatic hydroxyl groups excluding tert-OH is 1. The summed E-state index contributed by atoms with van der Waals surface area (Å²) in [6.45, 7) is 7.96. The summed E-state index contributed by atoms with van der Waals surface area (Å²) in [5, 5.41) is 9.33. The molecule has 0 aliphatic carbocycles. The molecule has 0 aromatic heterocycles. The van der Waals surface area contributed by atoms with Gasteiger partial charge in [0, 0.05) is 0 Å². The predicted octanol–water partition coefficient (Wildman–Crippen LogP) is 2.03. The highest BCUT2D eigenvalue weighted by atomic mass is 16.5. The fourth-order valence-corrected chi connectivity index (χ4v) is 1.43. The van der Waals surface area contributed by atoms with E-state index in [2.05, 4.69) is 20.8 Å². The fourth-order valence-electron chi connectivity index (χ4n) is 1.43. The minimum atomic E-state index is -0.691. The van der Waals surface area contributed by atoms with Crippen molar-refractivity contribution in [3.63, 3.8) is 0 Å². The lowest BCUT2D eigenvalue weighted by Crippen LogP contribution is -2.38. The molecule has 0 spiro atoms. The third-order valence-electron chi connectivity index (χ3n) is 2.43. The van der Waals surface area contributed by atoms with Gasteiger partial charge in [0.15, 0.2) is 6.23 Å². The second kappa shape index (κ2) is 4.85. The Morgan fingerprint density at radius 3 is 2.31 bits per heavy atom. The van der Waals surface area contributed by atoms with Crippen LogP contribution in [0.3, 0.4) is 0 Å². The molecule has 16 heavy (non-hydrogen) atoms. The van der Waals surface area contributed by atoms with Gasteiger partial charge in [-0.25, -0.2) is 0 Å². The number of ether oxygens (including phenoxy) is 1. The molecule has 1 rings (SSSR count). The largest absolute Gasteiger partial charge is 0.473 e. The zero-order chi connectivity index (χ0) is 12.3. The van der Waals surface area contributed by atoms with Gasteiger partial charge in [-0.05, 0) is 24.0 Å². The van der Waals surface area contributed by atoms with E-state index in [0.717, 1.165) is 11.3 Å². The van der Waals surface area contributed by atoms with Gasteiger partial charge in [0.05, 0.1) is 0 Å². The van der Waals surface area contributed by atoms with E-state index in [1.165, 1.54) is 0 Å². The lowest BCUT2D eigenvalue weighted by molar-refractivity contribution is 0.0516. The zero-order valence-corrected chi connectivity index (χ0v) is 10.4.